The van der Waals surface area contributed by atoms with Crippen LogP contribution in [0, 0.1) is 0 Å². The van der Waals surface area contributed by atoms with Crippen LogP contribution < -0.4 is 21.1 Å². The summed E-state index contributed by atoms with van der Waals surface area (Å²) in [5, 5.41) is 5.53. The molecule has 1 saturated carbocycles. The van der Waals surface area contributed by atoms with Crippen molar-refractivity contribution in [2.24, 2.45) is 5.73 Å². The van der Waals surface area contributed by atoms with Gasteiger partial charge in [0.2, 0.25) is 11.8 Å². The monoisotopic (exact) mass is 317 g/mol. The molecule has 124 valence electrons. The fraction of sp³-hybridized carbons (Fsp3) is 0.529. The maximum atomic E-state index is 12.1. The highest BCUT2D eigenvalue weighted by atomic mass is 16.5. The van der Waals surface area contributed by atoms with Crippen molar-refractivity contribution in [2.75, 3.05) is 13.1 Å². The van der Waals surface area contributed by atoms with Crippen LogP contribution in [0.4, 0.5) is 0 Å². The van der Waals surface area contributed by atoms with E-state index in [-0.39, 0.29) is 36.5 Å². The Hall–Kier alpha value is -2.08. The Morgan fingerprint density at radius 1 is 1.22 bits per heavy atom. The first-order chi connectivity index (χ1) is 11.1. The maximum Gasteiger partial charge on any atom is 0.239 e. The van der Waals surface area contributed by atoms with Gasteiger partial charge in [0.1, 0.15) is 11.4 Å². The molecule has 6 nitrogen and oxygen atoms in total. The molecule has 2 amide bonds. The quantitative estimate of drug-likeness (QED) is 0.773. The highest BCUT2D eigenvalue weighted by Crippen LogP contribution is 2.46. The summed E-state index contributed by atoms with van der Waals surface area (Å²) in [6.45, 7) is -0.168. The average Bonchev–Trinajstić information content (AvgIpc) is 3.00. The van der Waals surface area contributed by atoms with E-state index in [1.54, 1.807) is 0 Å². The van der Waals surface area contributed by atoms with Crippen LogP contribution in [-0.4, -0.2) is 30.5 Å². The molecule has 2 aliphatic rings. The van der Waals surface area contributed by atoms with Gasteiger partial charge >= 0.3 is 0 Å². The number of ether oxygens (including phenoxy) is 1. The molecule has 1 fully saturated rings. The number of nitrogens with two attached hydrogens (primary N) is 1. The first kappa shape index (κ1) is 15.8. The molecular weight excluding hydrogens is 294 g/mol. The number of hydrogen-bond acceptors (Lipinski definition) is 4. The lowest BCUT2D eigenvalue weighted by atomic mass is 9.86. The van der Waals surface area contributed by atoms with Crippen LogP contribution in [-0.2, 0) is 9.59 Å². The van der Waals surface area contributed by atoms with Crippen LogP contribution in [0.25, 0.3) is 0 Å². The summed E-state index contributed by atoms with van der Waals surface area (Å²) >= 11 is 0. The molecule has 1 unspecified atom stereocenters. The molecule has 0 saturated heterocycles. The minimum Gasteiger partial charge on any atom is -0.487 e. The van der Waals surface area contributed by atoms with Crippen molar-refractivity contribution in [3.05, 3.63) is 29.8 Å². The summed E-state index contributed by atoms with van der Waals surface area (Å²) < 4.78 is 6.27. The Morgan fingerprint density at radius 2 is 1.96 bits per heavy atom. The molecule has 1 atom stereocenters. The van der Waals surface area contributed by atoms with E-state index in [0.717, 1.165) is 43.4 Å². The van der Waals surface area contributed by atoms with Crippen molar-refractivity contribution < 1.29 is 14.3 Å². The van der Waals surface area contributed by atoms with E-state index in [1.165, 1.54) is 0 Å². The predicted molar refractivity (Wildman–Crippen MR) is 85.8 cm³/mol. The molecule has 0 bridgehead atoms. The Balaban J connectivity index is 1.72. The minimum absolute atomic E-state index is 0.0530. The molecule has 0 aromatic heterocycles. The molecule has 1 aliphatic carbocycles. The van der Waals surface area contributed by atoms with Gasteiger partial charge in [-0.1, -0.05) is 18.2 Å². The van der Waals surface area contributed by atoms with E-state index < -0.39 is 0 Å². The zero-order valence-electron chi connectivity index (χ0n) is 13.1. The standard InChI is InChI=1S/C17H23N3O3/c18-10-15(21)19-11-16(22)20-13-9-17(7-3-4-8-17)23-14-6-2-1-5-12(13)14/h1-2,5-6,13H,3-4,7-11,18H2,(H,19,21)(H,20,22). The number of nitrogens with one attached hydrogen (secondary N) is 2. The van der Waals surface area contributed by atoms with E-state index in [4.69, 9.17) is 10.5 Å². The van der Waals surface area contributed by atoms with Gasteiger partial charge < -0.3 is 21.1 Å². The van der Waals surface area contributed by atoms with E-state index in [2.05, 4.69) is 10.6 Å². The van der Waals surface area contributed by atoms with E-state index in [1.807, 2.05) is 24.3 Å². The highest BCUT2D eigenvalue weighted by Gasteiger charge is 2.43. The van der Waals surface area contributed by atoms with Crippen LogP contribution in [0.15, 0.2) is 24.3 Å². The lowest BCUT2D eigenvalue weighted by Crippen LogP contribution is -2.46. The maximum absolute atomic E-state index is 12.1. The molecule has 1 aliphatic heterocycles. The highest BCUT2D eigenvalue weighted by molar-refractivity contribution is 5.85. The molecule has 0 radical (unpaired) electrons. The van der Waals surface area contributed by atoms with Crippen LogP contribution in [0.5, 0.6) is 5.75 Å². The van der Waals surface area contributed by atoms with Crippen molar-refractivity contribution in [1.82, 2.24) is 10.6 Å². The number of rotatable bonds is 4. The summed E-state index contributed by atoms with van der Waals surface area (Å²) in [6, 6.07) is 7.77. The van der Waals surface area contributed by atoms with Crippen LogP contribution in [0.1, 0.15) is 43.7 Å². The van der Waals surface area contributed by atoms with Crippen molar-refractivity contribution in [3.63, 3.8) is 0 Å². The number of amides is 2. The van der Waals surface area contributed by atoms with Gasteiger partial charge in [-0.2, -0.15) is 0 Å². The summed E-state index contributed by atoms with van der Waals surface area (Å²) in [4.78, 5) is 23.3. The molecule has 1 aromatic carbocycles. The number of para-hydroxylation sites is 1. The molecule has 6 heteroatoms. The SMILES string of the molecule is NCC(=O)NCC(=O)NC1CC2(CCCC2)Oc2ccccc21. The molecule has 1 aromatic rings. The third-order valence-corrected chi connectivity index (χ3v) is 4.68. The normalized spacial score (nSPS) is 21.3. The zero-order chi connectivity index (χ0) is 16.3. The van der Waals surface area contributed by atoms with Gasteiger partial charge in [0.15, 0.2) is 0 Å². The number of fused-ring (bicyclic) bond motifs is 1. The van der Waals surface area contributed by atoms with E-state index in [9.17, 15) is 9.59 Å². The Morgan fingerprint density at radius 3 is 2.70 bits per heavy atom. The number of carbonyl (C=O) groups is 2. The Bertz CT molecular complexity index is 597. The third-order valence-electron chi connectivity index (χ3n) is 4.68. The van der Waals surface area contributed by atoms with Crippen LogP contribution >= 0.6 is 0 Å². The average molecular weight is 317 g/mol. The molecule has 1 heterocycles. The number of carbonyl (C=O) groups excluding carboxylic acids is 2. The molecule has 3 rings (SSSR count). The number of hydrogen-bond donors (Lipinski definition) is 3. The van der Waals surface area contributed by atoms with E-state index >= 15 is 0 Å². The smallest absolute Gasteiger partial charge is 0.239 e. The van der Waals surface area contributed by atoms with Crippen LogP contribution in [0.2, 0.25) is 0 Å². The number of benzene rings is 1. The Labute approximate surface area is 135 Å². The zero-order valence-corrected chi connectivity index (χ0v) is 13.1. The predicted octanol–water partition coefficient (Wildman–Crippen LogP) is 1.01. The largest absolute Gasteiger partial charge is 0.487 e. The fourth-order valence-corrected chi connectivity index (χ4v) is 3.57. The van der Waals surface area contributed by atoms with Gasteiger partial charge in [-0.3, -0.25) is 9.59 Å². The lowest BCUT2D eigenvalue weighted by Gasteiger charge is -2.40. The summed E-state index contributed by atoms with van der Waals surface area (Å²) in [6.07, 6.45) is 5.15. The summed E-state index contributed by atoms with van der Waals surface area (Å²) in [5.41, 5.74) is 6.07. The summed E-state index contributed by atoms with van der Waals surface area (Å²) in [5.74, 6) is 0.318. The second-order valence-corrected chi connectivity index (χ2v) is 6.34. The van der Waals surface area contributed by atoms with Gasteiger partial charge in [0.25, 0.3) is 0 Å². The van der Waals surface area contributed by atoms with Gasteiger partial charge in [0.05, 0.1) is 19.1 Å². The lowest BCUT2D eigenvalue weighted by molar-refractivity contribution is -0.126. The first-order valence-electron chi connectivity index (χ1n) is 8.16. The second-order valence-electron chi connectivity index (χ2n) is 6.34. The third kappa shape index (κ3) is 3.47. The second kappa shape index (κ2) is 6.58. The van der Waals surface area contributed by atoms with Gasteiger partial charge in [-0.05, 0) is 31.7 Å². The fourth-order valence-electron chi connectivity index (χ4n) is 3.57. The van der Waals surface area contributed by atoms with Gasteiger partial charge in [0, 0.05) is 12.0 Å². The van der Waals surface area contributed by atoms with E-state index in [0.29, 0.717) is 0 Å². The van der Waals surface area contributed by atoms with Crippen molar-refractivity contribution in [3.8, 4) is 5.75 Å². The minimum atomic E-state index is -0.334. The summed E-state index contributed by atoms with van der Waals surface area (Å²) in [7, 11) is 0. The Kier molecular flexibility index (Phi) is 4.52. The molecule has 4 N–H and O–H groups in total. The van der Waals surface area contributed by atoms with Crippen molar-refractivity contribution in [2.45, 2.75) is 43.7 Å². The first-order valence-corrected chi connectivity index (χ1v) is 8.16. The molecular formula is C17H23N3O3. The van der Waals surface area contributed by atoms with Gasteiger partial charge in [-0.25, -0.2) is 0 Å². The van der Waals surface area contributed by atoms with Crippen LogP contribution in [0.3, 0.4) is 0 Å². The van der Waals surface area contributed by atoms with Crippen molar-refractivity contribution in [1.29, 1.82) is 0 Å². The molecule has 23 heavy (non-hydrogen) atoms. The molecule has 1 spiro atoms. The topological polar surface area (TPSA) is 93.5 Å². The van der Waals surface area contributed by atoms with Gasteiger partial charge in [-0.15, -0.1) is 0 Å². The van der Waals surface area contributed by atoms with Crippen molar-refractivity contribution >= 4 is 11.8 Å².